The molecule has 118 valence electrons. The van der Waals surface area contributed by atoms with Crippen LogP contribution < -0.4 is 0 Å². The van der Waals surface area contributed by atoms with Crippen LogP contribution in [0.4, 0.5) is 4.79 Å². The molecule has 1 aromatic rings. The van der Waals surface area contributed by atoms with Crippen molar-refractivity contribution in [3.05, 3.63) is 42.0 Å². The van der Waals surface area contributed by atoms with Gasteiger partial charge in [0.05, 0.1) is 0 Å². The van der Waals surface area contributed by atoms with Crippen LogP contribution in [0, 0.1) is 0 Å². The summed E-state index contributed by atoms with van der Waals surface area (Å²) in [5.74, 6) is 0. The number of hydrogen-bond donors (Lipinski definition) is 0. The molecule has 0 radical (unpaired) electrons. The first kappa shape index (κ1) is 15.1. The van der Waals surface area contributed by atoms with Gasteiger partial charge in [-0.25, -0.2) is 4.79 Å². The van der Waals surface area contributed by atoms with E-state index in [2.05, 4.69) is 41.3 Å². The molecule has 2 saturated heterocycles. The van der Waals surface area contributed by atoms with Gasteiger partial charge in [0.15, 0.2) is 0 Å². The van der Waals surface area contributed by atoms with Crippen molar-refractivity contribution >= 4 is 12.1 Å². The van der Waals surface area contributed by atoms with Gasteiger partial charge in [0.25, 0.3) is 0 Å². The summed E-state index contributed by atoms with van der Waals surface area (Å²) in [4.78, 5) is 18.8. The van der Waals surface area contributed by atoms with Crippen LogP contribution >= 0.6 is 0 Å². The molecule has 22 heavy (non-hydrogen) atoms. The lowest BCUT2D eigenvalue weighted by atomic mass is 10.2. The fourth-order valence-corrected chi connectivity index (χ4v) is 3.13. The molecule has 2 amide bonds. The Balaban J connectivity index is 1.42. The number of rotatable bonds is 3. The molecule has 0 aliphatic carbocycles. The van der Waals surface area contributed by atoms with Gasteiger partial charge in [-0.15, -0.1) is 0 Å². The minimum Gasteiger partial charge on any atom is -0.325 e. The maximum Gasteiger partial charge on any atom is 0.320 e. The Morgan fingerprint density at radius 3 is 2.23 bits per heavy atom. The fraction of sp³-hybridized carbons (Fsp3) is 0.500. The van der Waals surface area contributed by atoms with Crippen molar-refractivity contribution in [1.82, 2.24) is 14.7 Å². The molecule has 2 fully saturated rings. The summed E-state index contributed by atoms with van der Waals surface area (Å²) in [5, 5.41) is 0. The first-order valence-corrected chi connectivity index (χ1v) is 8.31. The van der Waals surface area contributed by atoms with E-state index in [1.54, 1.807) is 0 Å². The van der Waals surface area contributed by atoms with Crippen molar-refractivity contribution < 1.29 is 4.79 Å². The zero-order chi connectivity index (χ0) is 15.2. The second-order valence-corrected chi connectivity index (χ2v) is 6.08. The molecular formula is C18H25N3O. The molecule has 4 heteroatoms. The number of carbonyl (C=O) groups excluding carboxylic acids is 1. The van der Waals surface area contributed by atoms with E-state index in [1.165, 1.54) is 5.56 Å². The molecule has 0 atom stereocenters. The van der Waals surface area contributed by atoms with Gasteiger partial charge in [0.1, 0.15) is 0 Å². The molecule has 0 unspecified atom stereocenters. The predicted molar refractivity (Wildman–Crippen MR) is 89.7 cm³/mol. The minimum absolute atomic E-state index is 0.247. The highest BCUT2D eigenvalue weighted by Crippen LogP contribution is 2.12. The second-order valence-electron chi connectivity index (χ2n) is 6.08. The van der Waals surface area contributed by atoms with Crippen LogP contribution in [0.15, 0.2) is 36.4 Å². The molecule has 2 aliphatic rings. The summed E-state index contributed by atoms with van der Waals surface area (Å²) in [5.41, 5.74) is 1.24. The van der Waals surface area contributed by atoms with Crippen molar-refractivity contribution in [2.24, 2.45) is 0 Å². The van der Waals surface area contributed by atoms with E-state index in [0.29, 0.717) is 0 Å². The maximum absolute atomic E-state index is 12.3. The predicted octanol–water partition coefficient (Wildman–Crippen LogP) is 2.53. The van der Waals surface area contributed by atoms with E-state index in [1.807, 2.05) is 15.9 Å². The number of amides is 2. The van der Waals surface area contributed by atoms with Gasteiger partial charge in [-0.05, 0) is 18.4 Å². The van der Waals surface area contributed by atoms with Gasteiger partial charge in [0.2, 0.25) is 0 Å². The van der Waals surface area contributed by atoms with Crippen molar-refractivity contribution in [2.45, 2.75) is 12.8 Å². The summed E-state index contributed by atoms with van der Waals surface area (Å²) in [6.45, 7) is 6.50. The van der Waals surface area contributed by atoms with E-state index in [0.717, 1.165) is 58.7 Å². The standard InChI is InChI=1S/C18H25N3O/c22-18(20-11-4-5-12-20)21-15-13-19(14-16-21)10-6-9-17-7-2-1-3-8-17/h1-3,6-9H,4-5,10-16H2/b9-6+. The Labute approximate surface area is 133 Å². The van der Waals surface area contributed by atoms with Crippen molar-refractivity contribution in [3.63, 3.8) is 0 Å². The van der Waals surface area contributed by atoms with E-state index in [4.69, 9.17) is 0 Å². The Morgan fingerprint density at radius 1 is 0.909 bits per heavy atom. The minimum atomic E-state index is 0.247. The number of hydrogen-bond acceptors (Lipinski definition) is 2. The van der Waals surface area contributed by atoms with Crippen LogP contribution in [-0.2, 0) is 0 Å². The Kier molecular flexibility index (Phi) is 5.11. The molecule has 0 bridgehead atoms. The second kappa shape index (κ2) is 7.45. The smallest absolute Gasteiger partial charge is 0.320 e. The number of urea groups is 1. The SMILES string of the molecule is O=C(N1CCCC1)N1CCN(C/C=C/c2ccccc2)CC1. The van der Waals surface area contributed by atoms with E-state index < -0.39 is 0 Å². The van der Waals surface area contributed by atoms with Crippen molar-refractivity contribution in [1.29, 1.82) is 0 Å². The van der Waals surface area contributed by atoms with Crippen LogP contribution in [0.5, 0.6) is 0 Å². The van der Waals surface area contributed by atoms with Gasteiger partial charge >= 0.3 is 6.03 Å². The summed E-state index contributed by atoms with van der Waals surface area (Å²) in [6.07, 6.45) is 6.71. The van der Waals surface area contributed by atoms with Crippen molar-refractivity contribution in [2.75, 3.05) is 45.8 Å². The number of likely N-dealkylation sites (tertiary alicyclic amines) is 1. The Bertz CT molecular complexity index is 500. The van der Waals surface area contributed by atoms with Gasteiger partial charge < -0.3 is 9.80 Å². The summed E-state index contributed by atoms with van der Waals surface area (Å²) in [6, 6.07) is 10.6. The Morgan fingerprint density at radius 2 is 1.55 bits per heavy atom. The molecular weight excluding hydrogens is 274 g/mol. The zero-order valence-corrected chi connectivity index (χ0v) is 13.2. The number of benzene rings is 1. The van der Waals surface area contributed by atoms with Gasteiger partial charge in [0, 0.05) is 45.8 Å². The first-order chi connectivity index (χ1) is 10.8. The van der Waals surface area contributed by atoms with Crippen LogP contribution in [0.3, 0.4) is 0 Å². The Hall–Kier alpha value is -1.81. The largest absolute Gasteiger partial charge is 0.325 e. The normalized spacial score (nSPS) is 20.0. The quantitative estimate of drug-likeness (QED) is 0.857. The van der Waals surface area contributed by atoms with Crippen LogP contribution in [-0.4, -0.2) is 66.5 Å². The van der Waals surface area contributed by atoms with Crippen LogP contribution in [0.25, 0.3) is 6.08 Å². The molecule has 0 spiro atoms. The third-order valence-corrected chi connectivity index (χ3v) is 4.49. The topological polar surface area (TPSA) is 26.8 Å². The lowest BCUT2D eigenvalue weighted by Gasteiger charge is -2.36. The van der Waals surface area contributed by atoms with Gasteiger partial charge in [-0.3, -0.25) is 4.90 Å². The van der Waals surface area contributed by atoms with E-state index >= 15 is 0 Å². The lowest BCUT2D eigenvalue weighted by Crippen LogP contribution is -2.52. The molecule has 0 saturated carbocycles. The maximum atomic E-state index is 12.3. The molecule has 0 aromatic heterocycles. The third-order valence-electron chi connectivity index (χ3n) is 4.49. The number of carbonyl (C=O) groups is 1. The fourth-order valence-electron chi connectivity index (χ4n) is 3.13. The molecule has 2 heterocycles. The average Bonchev–Trinajstić information content (AvgIpc) is 3.10. The number of nitrogens with zero attached hydrogens (tertiary/aromatic N) is 3. The summed E-state index contributed by atoms with van der Waals surface area (Å²) < 4.78 is 0. The highest BCUT2D eigenvalue weighted by Gasteiger charge is 2.26. The number of piperazine rings is 1. The molecule has 3 rings (SSSR count). The summed E-state index contributed by atoms with van der Waals surface area (Å²) in [7, 11) is 0. The monoisotopic (exact) mass is 299 g/mol. The van der Waals surface area contributed by atoms with Crippen molar-refractivity contribution in [3.8, 4) is 0 Å². The van der Waals surface area contributed by atoms with Crippen LogP contribution in [0.2, 0.25) is 0 Å². The van der Waals surface area contributed by atoms with Gasteiger partial charge in [-0.1, -0.05) is 42.5 Å². The molecule has 4 nitrogen and oxygen atoms in total. The molecule has 1 aromatic carbocycles. The van der Waals surface area contributed by atoms with Crippen LogP contribution in [0.1, 0.15) is 18.4 Å². The van der Waals surface area contributed by atoms with Gasteiger partial charge in [-0.2, -0.15) is 0 Å². The third kappa shape index (κ3) is 3.89. The van der Waals surface area contributed by atoms with E-state index in [9.17, 15) is 4.79 Å². The lowest BCUT2D eigenvalue weighted by molar-refractivity contribution is 0.123. The molecule has 0 N–H and O–H groups in total. The first-order valence-electron chi connectivity index (χ1n) is 8.31. The highest BCUT2D eigenvalue weighted by atomic mass is 16.2. The average molecular weight is 299 g/mol. The highest BCUT2D eigenvalue weighted by molar-refractivity contribution is 5.74. The van der Waals surface area contributed by atoms with E-state index in [-0.39, 0.29) is 6.03 Å². The zero-order valence-electron chi connectivity index (χ0n) is 13.2. The molecule has 2 aliphatic heterocycles. The summed E-state index contributed by atoms with van der Waals surface area (Å²) >= 11 is 0.